The first-order chi connectivity index (χ1) is 13.0. The Kier molecular flexibility index (Phi) is 6.01. The molecule has 1 heterocycles. The van der Waals surface area contributed by atoms with Crippen molar-refractivity contribution in [2.24, 2.45) is 0 Å². The van der Waals surface area contributed by atoms with E-state index in [2.05, 4.69) is 5.32 Å². The Hall–Kier alpha value is -2.96. The number of ether oxygens (including phenoxy) is 3. The normalized spacial score (nSPS) is 13.6. The van der Waals surface area contributed by atoms with E-state index in [1.165, 1.54) is 12.1 Å². The first-order valence-electron chi connectivity index (χ1n) is 8.80. The van der Waals surface area contributed by atoms with Crippen LogP contribution in [0.2, 0.25) is 0 Å². The van der Waals surface area contributed by atoms with Crippen LogP contribution >= 0.6 is 0 Å². The number of halogens is 1. The summed E-state index contributed by atoms with van der Waals surface area (Å²) in [6, 6.07) is 11.0. The van der Waals surface area contributed by atoms with Crippen molar-refractivity contribution in [3.05, 3.63) is 53.8 Å². The van der Waals surface area contributed by atoms with Gasteiger partial charge in [-0.25, -0.2) is 9.18 Å². The zero-order chi connectivity index (χ0) is 19.2. The lowest BCUT2D eigenvalue weighted by Crippen LogP contribution is -2.43. The van der Waals surface area contributed by atoms with Crippen molar-refractivity contribution in [3.63, 3.8) is 0 Å². The van der Waals surface area contributed by atoms with E-state index in [1.54, 1.807) is 24.1 Å². The van der Waals surface area contributed by atoms with Crippen molar-refractivity contribution in [3.8, 4) is 17.2 Å². The molecule has 27 heavy (non-hydrogen) atoms. The van der Waals surface area contributed by atoms with Gasteiger partial charge in [0.05, 0.1) is 6.04 Å². The van der Waals surface area contributed by atoms with Gasteiger partial charge in [-0.05, 0) is 48.9 Å². The minimum atomic E-state index is -0.315. The summed E-state index contributed by atoms with van der Waals surface area (Å²) in [6.45, 7) is 3.65. The highest BCUT2D eigenvalue weighted by Gasteiger charge is 2.16. The molecule has 2 aromatic carbocycles. The first-order valence-corrected chi connectivity index (χ1v) is 8.80. The van der Waals surface area contributed by atoms with Gasteiger partial charge in [-0.1, -0.05) is 6.07 Å². The van der Waals surface area contributed by atoms with Crippen molar-refractivity contribution < 1.29 is 23.4 Å². The van der Waals surface area contributed by atoms with E-state index < -0.39 is 0 Å². The second-order valence-electron chi connectivity index (χ2n) is 6.45. The van der Waals surface area contributed by atoms with E-state index >= 15 is 0 Å². The monoisotopic (exact) mass is 374 g/mol. The molecule has 1 aliphatic rings. The van der Waals surface area contributed by atoms with Gasteiger partial charge >= 0.3 is 6.03 Å². The SMILES string of the molecule is CC(COc1ccc(F)cc1)NC(=O)N(C)Cc1ccc2c(c1)OCCO2. The van der Waals surface area contributed by atoms with Crippen LogP contribution in [-0.4, -0.2) is 43.8 Å². The Labute approximate surface area is 157 Å². The first kappa shape index (κ1) is 18.8. The molecule has 6 nitrogen and oxygen atoms in total. The third-order valence-corrected chi connectivity index (χ3v) is 4.06. The van der Waals surface area contributed by atoms with Gasteiger partial charge in [0.25, 0.3) is 0 Å². The van der Waals surface area contributed by atoms with E-state index in [0.29, 0.717) is 31.3 Å². The molecule has 0 radical (unpaired) electrons. The van der Waals surface area contributed by atoms with Gasteiger partial charge in [-0.3, -0.25) is 0 Å². The van der Waals surface area contributed by atoms with Crippen molar-refractivity contribution in [1.29, 1.82) is 0 Å². The van der Waals surface area contributed by atoms with Gasteiger partial charge < -0.3 is 24.4 Å². The molecule has 0 aromatic heterocycles. The lowest BCUT2D eigenvalue weighted by molar-refractivity contribution is 0.171. The molecule has 0 aliphatic carbocycles. The predicted molar refractivity (Wildman–Crippen MR) is 98.8 cm³/mol. The lowest BCUT2D eigenvalue weighted by Gasteiger charge is -2.23. The van der Waals surface area contributed by atoms with Crippen LogP contribution in [0.3, 0.4) is 0 Å². The van der Waals surface area contributed by atoms with Crippen molar-refractivity contribution >= 4 is 6.03 Å². The van der Waals surface area contributed by atoms with Gasteiger partial charge in [-0.2, -0.15) is 0 Å². The molecule has 1 aliphatic heterocycles. The summed E-state index contributed by atoms with van der Waals surface area (Å²) in [4.78, 5) is 13.9. The van der Waals surface area contributed by atoms with E-state index in [0.717, 1.165) is 11.3 Å². The third kappa shape index (κ3) is 5.26. The maximum atomic E-state index is 12.9. The molecule has 144 valence electrons. The number of carbonyl (C=O) groups excluding carboxylic acids is 1. The number of nitrogens with zero attached hydrogens (tertiary/aromatic N) is 1. The molecule has 1 unspecified atom stereocenters. The molecular weight excluding hydrogens is 351 g/mol. The zero-order valence-electron chi connectivity index (χ0n) is 15.4. The minimum Gasteiger partial charge on any atom is -0.491 e. The highest BCUT2D eigenvalue weighted by molar-refractivity contribution is 5.74. The van der Waals surface area contributed by atoms with Gasteiger partial charge in [0.2, 0.25) is 0 Å². The molecular formula is C20H23FN2O4. The van der Waals surface area contributed by atoms with E-state index in [-0.39, 0.29) is 24.5 Å². The van der Waals surface area contributed by atoms with Crippen molar-refractivity contribution in [2.75, 3.05) is 26.9 Å². The van der Waals surface area contributed by atoms with Crippen LogP contribution in [0.25, 0.3) is 0 Å². The maximum Gasteiger partial charge on any atom is 0.317 e. The minimum absolute atomic E-state index is 0.203. The second kappa shape index (κ2) is 8.62. The Morgan fingerprint density at radius 1 is 1.19 bits per heavy atom. The molecule has 3 rings (SSSR count). The summed E-state index contributed by atoms with van der Waals surface area (Å²) in [5.41, 5.74) is 0.951. The molecule has 1 N–H and O–H groups in total. The number of urea groups is 1. The fourth-order valence-corrected chi connectivity index (χ4v) is 2.65. The smallest absolute Gasteiger partial charge is 0.317 e. The molecule has 0 spiro atoms. The van der Waals surface area contributed by atoms with Gasteiger partial charge in [0.15, 0.2) is 11.5 Å². The van der Waals surface area contributed by atoms with Crippen LogP contribution in [-0.2, 0) is 6.54 Å². The number of nitrogens with one attached hydrogen (secondary N) is 1. The van der Waals surface area contributed by atoms with Gasteiger partial charge in [0, 0.05) is 13.6 Å². The summed E-state index contributed by atoms with van der Waals surface area (Å²) in [6.07, 6.45) is 0. The van der Waals surface area contributed by atoms with E-state index in [4.69, 9.17) is 14.2 Å². The van der Waals surface area contributed by atoms with E-state index in [1.807, 2.05) is 25.1 Å². The van der Waals surface area contributed by atoms with Crippen LogP contribution in [0.5, 0.6) is 17.2 Å². The standard InChI is InChI=1S/C20H23FN2O4/c1-14(13-27-17-6-4-16(21)5-7-17)22-20(24)23(2)12-15-3-8-18-19(11-15)26-10-9-25-18/h3-8,11,14H,9-10,12-13H2,1-2H3,(H,22,24). The average Bonchev–Trinajstić information content (AvgIpc) is 2.67. The van der Waals surface area contributed by atoms with Crippen LogP contribution in [0, 0.1) is 5.82 Å². The predicted octanol–water partition coefficient (Wildman–Crippen LogP) is 3.21. The van der Waals surface area contributed by atoms with Crippen LogP contribution in [0.4, 0.5) is 9.18 Å². The number of fused-ring (bicyclic) bond motifs is 1. The van der Waals surface area contributed by atoms with Gasteiger partial charge in [0.1, 0.15) is 31.4 Å². The number of carbonyl (C=O) groups is 1. The molecule has 0 saturated heterocycles. The largest absolute Gasteiger partial charge is 0.491 e. The number of hydrogen-bond donors (Lipinski definition) is 1. The fourth-order valence-electron chi connectivity index (χ4n) is 2.65. The highest BCUT2D eigenvalue weighted by Crippen LogP contribution is 2.31. The summed E-state index contributed by atoms with van der Waals surface area (Å²) < 4.78 is 29.5. The van der Waals surface area contributed by atoms with Gasteiger partial charge in [-0.15, -0.1) is 0 Å². The van der Waals surface area contributed by atoms with Crippen LogP contribution in [0.1, 0.15) is 12.5 Å². The molecule has 1 atom stereocenters. The summed E-state index contributed by atoms with van der Waals surface area (Å²) >= 11 is 0. The number of amides is 2. The molecule has 0 fully saturated rings. The summed E-state index contributed by atoms with van der Waals surface area (Å²) in [5.74, 6) is 1.67. The third-order valence-electron chi connectivity index (χ3n) is 4.06. The molecule has 2 aromatic rings. The van der Waals surface area contributed by atoms with Crippen molar-refractivity contribution in [1.82, 2.24) is 10.2 Å². The van der Waals surface area contributed by atoms with E-state index in [9.17, 15) is 9.18 Å². The Balaban J connectivity index is 1.47. The van der Waals surface area contributed by atoms with Crippen LogP contribution < -0.4 is 19.5 Å². The highest BCUT2D eigenvalue weighted by atomic mass is 19.1. The number of rotatable bonds is 6. The topological polar surface area (TPSA) is 60.0 Å². The molecule has 0 bridgehead atoms. The summed E-state index contributed by atoms with van der Waals surface area (Å²) in [5, 5.41) is 2.88. The number of hydrogen-bond acceptors (Lipinski definition) is 4. The number of benzene rings is 2. The Morgan fingerprint density at radius 2 is 1.89 bits per heavy atom. The molecule has 0 saturated carbocycles. The maximum absolute atomic E-state index is 12.9. The van der Waals surface area contributed by atoms with Crippen molar-refractivity contribution in [2.45, 2.75) is 19.5 Å². The summed E-state index contributed by atoms with van der Waals surface area (Å²) in [7, 11) is 1.72. The molecule has 2 amide bonds. The second-order valence-corrected chi connectivity index (χ2v) is 6.45. The fraction of sp³-hybridized carbons (Fsp3) is 0.350. The quantitative estimate of drug-likeness (QED) is 0.844. The lowest BCUT2D eigenvalue weighted by atomic mass is 10.2. The Bertz CT molecular complexity index is 782. The Morgan fingerprint density at radius 3 is 2.63 bits per heavy atom. The zero-order valence-corrected chi connectivity index (χ0v) is 15.4. The molecule has 7 heteroatoms. The average molecular weight is 374 g/mol. The van der Waals surface area contributed by atoms with Crippen LogP contribution in [0.15, 0.2) is 42.5 Å².